The Balaban J connectivity index is 2.02. The number of amides is 1. The largest absolute Gasteiger partial charge is 0.381 e. The van der Waals surface area contributed by atoms with Crippen molar-refractivity contribution in [3.63, 3.8) is 0 Å². The number of aromatic nitrogens is 2. The van der Waals surface area contributed by atoms with Crippen molar-refractivity contribution in [2.24, 2.45) is 5.73 Å². The van der Waals surface area contributed by atoms with Gasteiger partial charge < -0.3 is 15.4 Å². The predicted molar refractivity (Wildman–Crippen MR) is 74.6 cm³/mol. The fraction of sp³-hybridized carbons (Fsp3) is 0.615. The van der Waals surface area contributed by atoms with Crippen LogP contribution in [0.15, 0.2) is 17.1 Å². The minimum absolute atomic E-state index is 0.117. The summed E-state index contributed by atoms with van der Waals surface area (Å²) in [6.45, 7) is 1.93. The summed E-state index contributed by atoms with van der Waals surface area (Å²) in [6.07, 6.45) is 3.97. The maximum Gasteiger partial charge on any atom is 0.268 e. The summed E-state index contributed by atoms with van der Waals surface area (Å²) >= 11 is 0. The second-order valence-corrected chi connectivity index (χ2v) is 4.91. The van der Waals surface area contributed by atoms with Crippen molar-refractivity contribution in [1.82, 2.24) is 9.78 Å². The minimum Gasteiger partial charge on any atom is -0.381 e. The van der Waals surface area contributed by atoms with Gasteiger partial charge in [0.25, 0.3) is 5.56 Å². The standard InChI is InChI=1S/C13H20N4O3/c1-20-11-2-5-16(6-3-11)10-8-13(19)17(15-9-10)7-4-12(14)18/h8-9,11H,2-7H2,1H3,(H2,14,18). The quantitative estimate of drug-likeness (QED) is 0.802. The number of hydrogen-bond acceptors (Lipinski definition) is 5. The summed E-state index contributed by atoms with van der Waals surface area (Å²) in [7, 11) is 1.72. The number of piperidine rings is 1. The van der Waals surface area contributed by atoms with Gasteiger partial charge in [-0.2, -0.15) is 5.10 Å². The first-order valence-electron chi connectivity index (χ1n) is 6.73. The molecule has 1 amide bonds. The number of anilines is 1. The van der Waals surface area contributed by atoms with Crippen LogP contribution in [0.2, 0.25) is 0 Å². The molecular formula is C13H20N4O3. The van der Waals surface area contributed by atoms with Gasteiger partial charge in [0.1, 0.15) is 0 Å². The van der Waals surface area contributed by atoms with E-state index in [-0.39, 0.29) is 18.5 Å². The molecule has 0 unspecified atom stereocenters. The van der Waals surface area contributed by atoms with E-state index in [4.69, 9.17) is 10.5 Å². The van der Waals surface area contributed by atoms with Crippen LogP contribution in [-0.4, -0.2) is 42.0 Å². The summed E-state index contributed by atoms with van der Waals surface area (Å²) in [5, 5.41) is 4.09. The van der Waals surface area contributed by atoms with Crippen LogP contribution in [0.25, 0.3) is 0 Å². The van der Waals surface area contributed by atoms with E-state index >= 15 is 0 Å². The van der Waals surface area contributed by atoms with E-state index < -0.39 is 5.91 Å². The monoisotopic (exact) mass is 280 g/mol. The summed E-state index contributed by atoms with van der Waals surface area (Å²) in [4.78, 5) is 24.8. The Hall–Kier alpha value is -1.89. The fourth-order valence-corrected chi connectivity index (χ4v) is 2.33. The second kappa shape index (κ2) is 6.51. The van der Waals surface area contributed by atoms with Crippen molar-refractivity contribution in [2.75, 3.05) is 25.1 Å². The topological polar surface area (TPSA) is 90.4 Å². The Morgan fingerprint density at radius 1 is 1.50 bits per heavy atom. The Labute approximate surface area is 117 Å². The van der Waals surface area contributed by atoms with Gasteiger partial charge in [-0.05, 0) is 12.8 Å². The number of ether oxygens (including phenoxy) is 1. The van der Waals surface area contributed by atoms with Gasteiger partial charge >= 0.3 is 0 Å². The van der Waals surface area contributed by atoms with E-state index in [2.05, 4.69) is 10.00 Å². The summed E-state index contributed by atoms with van der Waals surface area (Å²) in [5.74, 6) is -0.440. The molecule has 7 nitrogen and oxygen atoms in total. The normalized spacial score (nSPS) is 16.4. The van der Waals surface area contributed by atoms with E-state index in [9.17, 15) is 9.59 Å². The van der Waals surface area contributed by atoms with Crippen LogP contribution in [0, 0.1) is 0 Å². The number of aryl methyl sites for hydroxylation is 1. The molecule has 2 N–H and O–H groups in total. The van der Waals surface area contributed by atoms with Crippen LogP contribution in [0.1, 0.15) is 19.3 Å². The van der Waals surface area contributed by atoms with Crippen molar-refractivity contribution < 1.29 is 9.53 Å². The van der Waals surface area contributed by atoms with Gasteiger partial charge in [-0.25, -0.2) is 4.68 Å². The molecule has 1 fully saturated rings. The van der Waals surface area contributed by atoms with E-state index in [1.165, 1.54) is 4.68 Å². The molecule has 1 aliphatic rings. The number of methoxy groups -OCH3 is 1. The molecule has 0 radical (unpaired) electrons. The lowest BCUT2D eigenvalue weighted by molar-refractivity contribution is -0.118. The fourth-order valence-electron chi connectivity index (χ4n) is 2.33. The van der Waals surface area contributed by atoms with Crippen molar-refractivity contribution in [3.05, 3.63) is 22.6 Å². The minimum atomic E-state index is -0.440. The average Bonchev–Trinajstić information content (AvgIpc) is 2.46. The molecule has 0 bridgehead atoms. The zero-order valence-electron chi connectivity index (χ0n) is 11.6. The van der Waals surface area contributed by atoms with Gasteiger partial charge in [0.2, 0.25) is 5.91 Å². The molecule has 0 spiro atoms. The Kier molecular flexibility index (Phi) is 4.73. The van der Waals surface area contributed by atoms with Gasteiger partial charge in [0, 0.05) is 32.7 Å². The number of rotatable bonds is 5. The molecular weight excluding hydrogens is 260 g/mol. The van der Waals surface area contributed by atoms with Crippen LogP contribution in [-0.2, 0) is 16.1 Å². The third-order valence-corrected chi connectivity index (χ3v) is 3.57. The zero-order valence-corrected chi connectivity index (χ0v) is 11.6. The average molecular weight is 280 g/mol. The highest BCUT2D eigenvalue weighted by molar-refractivity contribution is 5.73. The molecule has 0 aromatic carbocycles. The molecule has 110 valence electrons. The molecule has 1 saturated heterocycles. The second-order valence-electron chi connectivity index (χ2n) is 4.91. The van der Waals surface area contributed by atoms with Gasteiger partial charge in [0.15, 0.2) is 0 Å². The van der Waals surface area contributed by atoms with Crippen molar-refractivity contribution in [1.29, 1.82) is 0 Å². The lowest BCUT2D eigenvalue weighted by Crippen LogP contribution is -2.37. The predicted octanol–water partition coefficient (Wildman–Crippen LogP) is -0.266. The number of carbonyl (C=O) groups excluding carboxylic acids is 1. The van der Waals surface area contributed by atoms with Crippen molar-refractivity contribution in [3.8, 4) is 0 Å². The summed E-state index contributed by atoms with van der Waals surface area (Å²) in [5.41, 5.74) is 5.67. The molecule has 1 aromatic heterocycles. The number of nitrogens with zero attached hydrogens (tertiary/aromatic N) is 3. The highest BCUT2D eigenvalue weighted by atomic mass is 16.5. The van der Waals surface area contributed by atoms with Gasteiger partial charge in [-0.15, -0.1) is 0 Å². The molecule has 2 rings (SSSR count). The van der Waals surface area contributed by atoms with Crippen molar-refractivity contribution in [2.45, 2.75) is 31.9 Å². The number of nitrogens with two attached hydrogens (primary N) is 1. The smallest absolute Gasteiger partial charge is 0.268 e. The molecule has 0 aliphatic carbocycles. The molecule has 0 saturated carbocycles. The number of carbonyl (C=O) groups is 1. The van der Waals surface area contributed by atoms with Crippen LogP contribution in [0.3, 0.4) is 0 Å². The SMILES string of the molecule is COC1CCN(c2cnn(CCC(N)=O)c(=O)c2)CC1. The highest BCUT2D eigenvalue weighted by Gasteiger charge is 2.19. The van der Waals surface area contributed by atoms with Crippen molar-refractivity contribution >= 4 is 11.6 Å². The Bertz CT molecular complexity index is 521. The first-order chi connectivity index (χ1) is 9.60. The van der Waals surface area contributed by atoms with Crippen LogP contribution in [0.4, 0.5) is 5.69 Å². The highest BCUT2D eigenvalue weighted by Crippen LogP contribution is 2.18. The summed E-state index contributed by atoms with van der Waals surface area (Å²) < 4.78 is 6.58. The van der Waals surface area contributed by atoms with E-state index in [0.717, 1.165) is 31.6 Å². The third-order valence-electron chi connectivity index (χ3n) is 3.57. The van der Waals surface area contributed by atoms with E-state index in [0.29, 0.717) is 6.10 Å². The van der Waals surface area contributed by atoms with Crippen LogP contribution in [0.5, 0.6) is 0 Å². The molecule has 7 heteroatoms. The number of hydrogen-bond donors (Lipinski definition) is 1. The zero-order chi connectivity index (χ0) is 14.5. The van der Waals surface area contributed by atoms with Crippen LogP contribution >= 0.6 is 0 Å². The van der Waals surface area contributed by atoms with Gasteiger partial charge in [0.05, 0.1) is 24.5 Å². The van der Waals surface area contributed by atoms with E-state index in [1.54, 1.807) is 19.4 Å². The van der Waals surface area contributed by atoms with Crippen LogP contribution < -0.4 is 16.2 Å². The maximum absolute atomic E-state index is 11.9. The Morgan fingerprint density at radius 2 is 2.20 bits per heavy atom. The molecule has 2 heterocycles. The molecule has 1 aromatic rings. The third kappa shape index (κ3) is 3.57. The molecule has 0 atom stereocenters. The molecule has 20 heavy (non-hydrogen) atoms. The molecule has 1 aliphatic heterocycles. The Morgan fingerprint density at radius 3 is 2.75 bits per heavy atom. The van der Waals surface area contributed by atoms with Gasteiger partial charge in [-0.1, -0.05) is 0 Å². The van der Waals surface area contributed by atoms with Gasteiger partial charge in [-0.3, -0.25) is 9.59 Å². The summed E-state index contributed by atoms with van der Waals surface area (Å²) in [6, 6.07) is 1.56. The number of primary amides is 1. The van der Waals surface area contributed by atoms with E-state index in [1.807, 2.05) is 0 Å². The maximum atomic E-state index is 11.9. The lowest BCUT2D eigenvalue weighted by Gasteiger charge is -2.32. The first-order valence-corrected chi connectivity index (χ1v) is 6.73. The first kappa shape index (κ1) is 14.5. The lowest BCUT2D eigenvalue weighted by atomic mass is 10.1.